The van der Waals surface area contributed by atoms with Crippen molar-refractivity contribution in [2.45, 2.75) is 12.8 Å². The Bertz CT molecular complexity index is 305. The molecule has 80 valence electrons. The molecule has 0 atom stereocenters. The second-order valence-corrected chi connectivity index (χ2v) is 2.88. The lowest BCUT2D eigenvalue weighted by molar-refractivity contribution is 0.288. The summed E-state index contributed by atoms with van der Waals surface area (Å²) in [7, 11) is 0. The Morgan fingerprint density at radius 3 is 2.47 bits per heavy atom. The van der Waals surface area contributed by atoms with Crippen molar-refractivity contribution in [3.8, 4) is 0 Å². The Labute approximate surface area is 88.2 Å². The number of aromatic amines is 1. The van der Waals surface area contributed by atoms with Gasteiger partial charge in [-0.2, -0.15) is 0 Å². The van der Waals surface area contributed by atoms with Crippen LogP contribution in [0.2, 0.25) is 0 Å². The number of rotatable bonds is 3. The van der Waals surface area contributed by atoms with Gasteiger partial charge in [0.25, 0.3) is 0 Å². The number of H-pyrrole nitrogens is 1. The van der Waals surface area contributed by atoms with E-state index in [0.29, 0.717) is 0 Å². The van der Waals surface area contributed by atoms with E-state index >= 15 is 0 Å². The van der Waals surface area contributed by atoms with Crippen molar-refractivity contribution in [1.82, 2.24) is 20.6 Å². The Morgan fingerprint density at radius 1 is 1.20 bits per heavy atom. The summed E-state index contributed by atoms with van der Waals surface area (Å²) in [4.78, 5) is 0. The minimum absolute atomic E-state index is 0.287. The third kappa shape index (κ3) is 5.53. The minimum Gasteiger partial charge on any atom is -0.396 e. The van der Waals surface area contributed by atoms with Gasteiger partial charge >= 0.3 is 0 Å². The first-order valence-corrected chi connectivity index (χ1v) is 4.75. The first-order chi connectivity index (χ1) is 7.43. The van der Waals surface area contributed by atoms with Crippen molar-refractivity contribution in [3.63, 3.8) is 0 Å². The minimum atomic E-state index is 0.287. The first-order valence-electron chi connectivity index (χ1n) is 4.75. The van der Waals surface area contributed by atoms with Crippen LogP contribution in [0.4, 0.5) is 0 Å². The van der Waals surface area contributed by atoms with Crippen LogP contribution in [0.5, 0.6) is 0 Å². The molecule has 1 heterocycles. The monoisotopic (exact) mass is 206 g/mol. The summed E-state index contributed by atoms with van der Waals surface area (Å²) in [5, 5.41) is 20.6. The van der Waals surface area contributed by atoms with E-state index in [-0.39, 0.29) is 6.61 Å². The largest absolute Gasteiger partial charge is 0.396 e. The average Bonchev–Trinajstić information content (AvgIpc) is 2.86. The van der Waals surface area contributed by atoms with Gasteiger partial charge in [-0.3, -0.25) is 0 Å². The standard InChI is InChI=1S/C9H12O.CH2N4/c10-8-4-7-9-5-2-1-3-6-9;1-2-4-5-3-1/h1-3,5-6,10H,4,7-8H2;1H,(H,2,3,4,5). The van der Waals surface area contributed by atoms with Crippen LogP contribution in [-0.2, 0) is 6.42 Å². The Hall–Kier alpha value is -1.75. The van der Waals surface area contributed by atoms with Gasteiger partial charge < -0.3 is 5.11 Å². The van der Waals surface area contributed by atoms with E-state index in [2.05, 4.69) is 32.8 Å². The van der Waals surface area contributed by atoms with Crippen LogP contribution in [0, 0.1) is 0 Å². The molecule has 0 amide bonds. The third-order valence-corrected chi connectivity index (χ3v) is 1.74. The number of nitrogens with one attached hydrogen (secondary N) is 1. The third-order valence-electron chi connectivity index (χ3n) is 1.74. The zero-order chi connectivity index (χ0) is 10.8. The number of aromatic nitrogens is 4. The van der Waals surface area contributed by atoms with E-state index in [0.717, 1.165) is 12.8 Å². The van der Waals surface area contributed by atoms with Gasteiger partial charge in [-0.15, -0.1) is 5.10 Å². The molecule has 1 aromatic carbocycles. The highest BCUT2D eigenvalue weighted by molar-refractivity contribution is 5.14. The molecule has 0 saturated carbocycles. The maximum atomic E-state index is 8.53. The summed E-state index contributed by atoms with van der Waals surface area (Å²) in [5.74, 6) is 0. The fraction of sp³-hybridized carbons (Fsp3) is 0.300. The molecule has 0 fully saturated rings. The van der Waals surface area contributed by atoms with Crippen molar-refractivity contribution in [2.24, 2.45) is 0 Å². The van der Waals surface area contributed by atoms with Crippen LogP contribution in [-0.4, -0.2) is 32.3 Å². The van der Waals surface area contributed by atoms with Crippen LogP contribution in [0.1, 0.15) is 12.0 Å². The van der Waals surface area contributed by atoms with E-state index in [4.69, 9.17) is 5.11 Å². The normalized spacial score (nSPS) is 9.13. The lowest BCUT2D eigenvalue weighted by Gasteiger charge is -1.96. The molecule has 5 heteroatoms. The molecule has 5 nitrogen and oxygen atoms in total. The molecule has 0 saturated heterocycles. The van der Waals surface area contributed by atoms with E-state index in [9.17, 15) is 0 Å². The molecule has 0 aliphatic carbocycles. The van der Waals surface area contributed by atoms with Gasteiger partial charge in [0.15, 0.2) is 0 Å². The maximum absolute atomic E-state index is 8.53. The van der Waals surface area contributed by atoms with E-state index in [1.807, 2.05) is 18.2 Å². The highest BCUT2D eigenvalue weighted by Gasteiger charge is 1.88. The second-order valence-electron chi connectivity index (χ2n) is 2.88. The highest BCUT2D eigenvalue weighted by atomic mass is 16.2. The highest BCUT2D eigenvalue weighted by Crippen LogP contribution is 2.00. The summed E-state index contributed by atoms with van der Waals surface area (Å²) in [6.07, 6.45) is 3.25. The van der Waals surface area contributed by atoms with Crippen molar-refractivity contribution >= 4 is 0 Å². The number of nitrogens with zero attached hydrogens (tertiary/aromatic N) is 3. The SMILES string of the molecule is OCCCc1ccccc1.c1nnn[nH]1. The summed E-state index contributed by atoms with van der Waals surface area (Å²) in [6, 6.07) is 10.2. The molecule has 2 N–H and O–H groups in total. The van der Waals surface area contributed by atoms with Crippen molar-refractivity contribution in [3.05, 3.63) is 42.2 Å². The zero-order valence-electron chi connectivity index (χ0n) is 8.37. The number of hydrogen-bond donors (Lipinski definition) is 2. The van der Waals surface area contributed by atoms with Gasteiger partial charge in [0.1, 0.15) is 6.33 Å². The number of aryl methyl sites for hydroxylation is 1. The summed E-state index contributed by atoms with van der Waals surface area (Å²) in [5.41, 5.74) is 1.30. The van der Waals surface area contributed by atoms with Crippen LogP contribution in [0.25, 0.3) is 0 Å². The molecule has 0 unspecified atom stereocenters. The zero-order valence-corrected chi connectivity index (χ0v) is 8.37. The molecule has 0 bridgehead atoms. The predicted molar refractivity (Wildman–Crippen MR) is 56.0 cm³/mol. The van der Waals surface area contributed by atoms with Crippen molar-refractivity contribution < 1.29 is 5.11 Å². The molecule has 0 aliphatic rings. The fourth-order valence-corrected chi connectivity index (χ4v) is 1.06. The molecular formula is C10H14N4O. The predicted octanol–water partition coefficient (Wildman–Crippen LogP) is 0.811. The summed E-state index contributed by atoms with van der Waals surface area (Å²) < 4.78 is 0. The molecule has 2 rings (SSSR count). The molecule has 1 aromatic heterocycles. The lowest BCUT2D eigenvalue weighted by Crippen LogP contribution is -1.87. The van der Waals surface area contributed by atoms with Crippen LogP contribution < -0.4 is 0 Å². The molecule has 0 spiro atoms. The molecule has 2 aromatic rings. The Morgan fingerprint density at radius 2 is 2.00 bits per heavy atom. The number of tetrazole rings is 1. The summed E-state index contributed by atoms with van der Waals surface area (Å²) >= 11 is 0. The average molecular weight is 206 g/mol. The molecule has 15 heavy (non-hydrogen) atoms. The van der Waals surface area contributed by atoms with Crippen LogP contribution in [0.15, 0.2) is 36.7 Å². The van der Waals surface area contributed by atoms with Gasteiger partial charge in [-0.25, -0.2) is 5.10 Å². The fourth-order valence-electron chi connectivity index (χ4n) is 1.06. The number of benzene rings is 1. The van der Waals surface area contributed by atoms with Gasteiger partial charge in [0.2, 0.25) is 0 Å². The number of aliphatic hydroxyl groups excluding tert-OH is 1. The van der Waals surface area contributed by atoms with E-state index in [1.165, 1.54) is 11.9 Å². The van der Waals surface area contributed by atoms with Crippen molar-refractivity contribution in [2.75, 3.05) is 6.61 Å². The first kappa shape index (κ1) is 11.3. The maximum Gasteiger partial charge on any atom is 0.135 e. The van der Waals surface area contributed by atoms with Gasteiger partial charge in [0.05, 0.1) is 0 Å². The molecule has 0 aliphatic heterocycles. The Kier molecular flexibility index (Phi) is 5.76. The molecular weight excluding hydrogens is 192 g/mol. The quantitative estimate of drug-likeness (QED) is 0.779. The summed E-state index contributed by atoms with van der Waals surface area (Å²) in [6.45, 7) is 0.287. The smallest absolute Gasteiger partial charge is 0.135 e. The van der Waals surface area contributed by atoms with Crippen molar-refractivity contribution in [1.29, 1.82) is 0 Å². The topological polar surface area (TPSA) is 74.7 Å². The van der Waals surface area contributed by atoms with Crippen LogP contribution >= 0.6 is 0 Å². The van der Waals surface area contributed by atoms with E-state index in [1.54, 1.807) is 0 Å². The lowest BCUT2D eigenvalue weighted by atomic mass is 10.1. The van der Waals surface area contributed by atoms with Gasteiger partial charge in [0, 0.05) is 6.61 Å². The van der Waals surface area contributed by atoms with Gasteiger partial charge in [-0.1, -0.05) is 30.3 Å². The second kappa shape index (κ2) is 7.64. The number of aliphatic hydroxyl groups is 1. The van der Waals surface area contributed by atoms with Gasteiger partial charge in [-0.05, 0) is 28.8 Å². The van der Waals surface area contributed by atoms with E-state index < -0.39 is 0 Å². The Balaban J connectivity index is 0.000000187. The number of hydrogen-bond acceptors (Lipinski definition) is 4. The molecule has 0 radical (unpaired) electrons. The van der Waals surface area contributed by atoms with Crippen LogP contribution in [0.3, 0.4) is 0 Å².